The molecule has 7 heteroatoms. The Morgan fingerprint density at radius 2 is 2.07 bits per heavy atom. The Kier molecular flexibility index (Phi) is 4.47. The van der Waals surface area contributed by atoms with Crippen molar-refractivity contribution in [2.24, 2.45) is 0 Å². The van der Waals surface area contributed by atoms with Crippen molar-refractivity contribution in [2.75, 3.05) is 6.61 Å². The van der Waals surface area contributed by atoms with E-state index in [1.807, 2.05) is 22.9 Å². The smallest absolute Gasteiger partial charge is 0.250 e. The maximum Gasteiger partial charge on any atom is 0.250 e. The lowest BCUT2D eigenvalue weighted by molar-refractivity contribution is 0.172. The van der Waals surface area contributed by atoms with E-state index in [0.717, 1.165) is 41.4 Å². The summed E-state index contributed by atoms with van der Waals surface area (Å²) in [5, 5.41) is 14.6. The van der Waals surface area contributed by atoms with Gasteiger partial charge in [0.25, 0.3) is 5.56 Å². The van der Waals surface area contributed by atoms with Crippen LogP contribution in [0.4, 0.5) is 0 Å². The largest absolute Gasteiger partial charge is 0.492 e. The van der Waals surface area contributed by atoms with Crippen LogP contribution in [0.25, 0.3) is 11.4 Å². The molecule has 1 aliphatic carbocycles. The number of benzene rings is 1. The highest BCUT2D eigenvalue weighted by Crippen LogP contribution is 2.39. The Labute approximate surface area is 168 Å². The van der Waals surface area contributed by atoms with Gasteiger partial charge in [0.05, 0.1) is 24.6 Å². The number of rotatable bonds is 5. The first-order valence-corrected chi connectivity index (χ1v) is 10.2. The highest BCUT2D eigenvalue weighted by atomic mass is 16.5. The van der Waals surface area contributed by atoms with Crippen LogP contribution in [-0.4, -0.2) is 37.1 Å². The van der Waals surface area contributed by atoms with Gasteiger partial charge in [0, 0.05) is 23.4 Å². The third-order valence-electron chi connectivity index (χ3n) is 5.78. The number of para-hydroxylation sites is 1. The van der Waals surface area contributed by atoms with E-state index in [-0.39, 0.29) is 18.0 Å². The third kappa shape index (κ3) is 3.25. The van der Waals surface area contributed by atoms with E-state index < -0.39 is 6.10 Å². The van der Waals surface area contributed by atoms with E-state index in [0.29, 0.717) is 12.6 Å². The van der Waals surface area contributed by atoms with Crippen LogP contribution in [0.5, 0.6) is 5.75 Å². The molecule has 7 nitrogen and oxygen atoms in total. The number of nitrogens with zero attached hydrogens (tertiary/aromatic N) is 4. The Bertz CT molecular complexity index is 1100. The van der Waals surface area contributed by atoms with Gasteiger partial charge in [0.1, 0.15) is 12.4 Å². The zero-order valence-electron chi connectivity index (χ0n) is 16.4. The van der Waals surface area contributed by atoms with E-state index in [1.165, 1.54) is 17.1 Å². The molecule has 1 aromatic carbocycles. The highest BCUT2D eigenvalue weighted by molar-refractivity contribution is 5.55. The van der Waals surface area contributed by atoms with E-state index in [9.17, 15) is 9.90 Å². The quantitative estimate of drug-likeness (QED) is 0.722. The molecule has 2 aromatic heterocycles. The number of hydrogen-bond acceptors (Lipinski definition) is 5. The van der Waals surface area contributed by atoms with Gasteiger partial charge in [-0.2, -0.15) is 5.10 Å². The first-order valence-electron chi connectivity index (χ1n) is 10.2. The maximum absolute atomic E-state index is 12.2. The highest BCUT2D eigenvalue weighted by Gasteiger charge is 2.32. The fourth-order valence-corrected chi connectivity index (χ4v) is 4.04. The summed E-state index contributed by atoms with van der Waals surface area (Å²) >= 11 is 0. The topological polar surface area (TPSA) is 82.2 Å². The summed E-state index contributed by atoms with van der Waals surface area (Å²) in [4.78, 5) is 17.1. The fourth-order valence-electron chi connectivity index (χ4n) is 4.04. The van der Waals surface area contributed by atoms with Crippen molar-refractivity contribution in [3.63, 3.8) is 0 Å². The van der Waals surface area contributed by atoms with Gasteiger partial charge in [-0.3, -0.25) is 4.79 Å². The van der Waals surface area contributed by atoms with Gasteiger partial charge in [-0.25, -0.2) is 9.67 Å². The summed E-state index contributed by atoms with van der Waals surface area (Å²) in [7, 11) is 0. The molecule has 0 radical (unpaired) electrons. The molecular formula is C22H24N4O3. The maximum atomic E-state index is 12.2. The molecule has 1 fully saturated rings. The number of ether oxygens (including phenoxy) is 1. The summed E-state index contributed by atoms with van der Waals surface area (Å²) in [5.41, 5.74) is 1.81. The minimum absolute atomic E-state index is 0.00893. The van der Waals surface area contributed by atoms with Crippen molar-refractivity contribution in [3.05, 3.63) is 64.3 Å². The van der Waals surface area contributed by atoms with Gasteiger partial charge in [-0.15, -0.1) is 0 Å². The van der Waals surface area contributed by atoms with Crippen LogP contribution in [0.3, 0.4) is 0 Å². The van der Waals surface area contributed by atoms with Gasteiger partial charge in [0.15, 0.2) is 11.6 Å². The third-order valence-corrected chi connectivity index (χ3v) is 5.78. The van der Waals surface area contributed by atoms with Crippen LogP contribution in [0.15, 0.2) is 47.4 Å². The standard InChI is InChI=1S/C22H24N4O3/c1-14(27)11-25-12-15(9-10-20(25)28)22-23-21(24-26(22)16-5-4-6-16)18-13-29-19-8-3-2-7-17(18)19/h2-3,7-10,12,14,16,18,27H,4-6,11,13H2,1H3. The van der Waals surface area contributed by atoms with Crippen LogP contribution in [0, 0.1) is 0 Å². The molecule has 5 rings (SSSR count). The minimum atomic E-state index is -0.602. The summed E-state index contributed by atoms with van der Waals surface area (Å²) < 4.78 is 9.39. The average Bonchev–Trinajstić information content (AvgIpc) is 3.26. The normalized spacial score (nSPS) is 19.4. The van der Waals surface area contributed by atoms with E-state index in [1.54, 1.807) is 19.2 Å². The van der Waals surface area contributed by atoms with Gasteiger partial charge < -0.3 is 14.4 Å². The molecule has 150 valence electrons. The van der Waals surface area contributed by atoms with Crippen LogP contribution < -0.4 is 10.3 Å². The van der Waals surface area contributed by atoms with Gasteiger partial charge in [0.2, 0.25) is 0 Å². The van der Waals surface area contributed by atoms with E-state index in [4.69, 9.17) is 14.8 Å². The first-order chi connectivity index (χ1) is 14.1. The fraction of sp³-hybridized carbons (Fsp3) is 0.409. The molecule has 29 heavy (non-hydrogen) atoms. The minimum Gasteiger partial charge on any atom is -0.492 e. The number of aliphatic hydroxyl groups is 1. The van der Waals surface area contributed by atoms with Crippen LogP contribution in [0.1, 0.15) is 49.5 Å². The van der Waals surface area contributed by atoms with Crippen LogP contribution >= 0.6 is 0 Å². The Hall–Kier alpha value is -2.93. The van der Waals surface area contributed by atoms with Crippen molar-refractivity contribution >= 4 is 0 Å². The Morgan fingerprint density at radius 3 is 2.83 bits per heavy atom. The van der Waals surface area contributed by atoms with Crippen molar-refractivity contribution in [1.29, 1.82) is 0 Å². The number of hydrogen-bond donors (Lipinski definition) is 1. The molecule has 3 heterocycles. The molecule has 1 aliphatic heterocycles. The second-order valence-corrected chi connectivity index (χ2v) is 7.98. The van der Waals surface area contributed by atoms with E-state index in [2.05, 4.69) is 6.07 Å². The van der Waals surface area contributed by atoms with E-state index >= 15 is 0 Å². The second-order valence-electron chi connectivity index (χ2n) is 7.98. The Morgan fingerprint density at radius 1 is 1.24 bits per heavy atom. The monoisotopic (exact) mass is 392 g/mol. The molecule has 1 N–H and O–H groups in total. The molecule has 0 bridgehead atoms. The van der Waals surface area contributed by atoms with Crippen LogP contribution in [0.2, 0.25) is 0 Å². The van der Waals surface area contributed by atoms with Gasteiger partial charge >= 0.3 is 0 Å². The first kappa shape index (κ1) is 18.1. The molecule has 1 saturated carbocycles. The Balaban J connectivity index is 1.58. The molecule has 2 aliphatic rings. The lowest BCUT2D eigenvalue weighted by Crippen LogP contribution is -2.24. The molecule has 0 amide bonds. The van der Waals surface area contributed by atoms with Crippen molar-refractivity contribution in [3.8, 4) is 17.1 Å². The average molecular weight is 392 g/mol. The number of pyridine rings is 1. The molecule has 0 spiro atoms. The zero-order chi connectivity index (χ0) is 20.0. The number of aliphatic hydroxyl groups excluding tert-OH is 1. The summed E-state index contributed by atoms with van der Waals surface area (Å²) in [6.07, 6.45) is 4.53. The van der Waals surface area contributed by atoms with Gasteiger partial charge in [-0.05, 0) is 38.3 Å². The molecule has 0 saturated heterocycles. The van der Waals surface area contributed by atoms with Crippen molar-refractivity contribution in [1.82, 2.24) is 19.3 Å². The summed E-state index contributed by atoms with van der Waals surface area (Å²) in [5.74, 6) is 2.43. The molecular weight excluding hydrogens is 368 g/mol. The summed E-state index contributed by atoms with van der Waals surface area (Å²) in [6, 6.07) is 11.7. The lowest BCUT2D eigenvalue weighted by Gasteiger charge is -2.26. The number of fused-ring (bicyclic) bond motifs is 1. The predicted octanol–water partition coefficient (Wildman–Crippen LogP) is 2.74. The lowest BCUT2D eigenvalue weighted by atomic mass is 9.93. The van der Waals surface area contributed by atoms with Crippen molar-refractivity contribution < 1.29 is 9.84 Å². The SMILES string of the molecule is CC(O)Cn1cc(-c2nc(C3COc4ccccc43)nn2C2CCC2)ccc1=O. The van der Waals surface area contributed by atoms with Crippen LogP contribution in [-0.2, 0) is 6.54 Å². The predicted molar refractivity (Wildman–Crippen MR) is 108 cm³/mol. The molecule has 3 aromatic rings. The molecule has 2 unspecified atom stereocenters. The summed E-state index contributed by atoms with van der Waals surface area (Å²) in [6.45, 7) is 2.46. The van der Waals surface area contributed by atoms with Gasteiger partial charge in [-0.1, -0.05) is 18.2 Å². The second kappa shape index (κ2) is 7.15. The molecule has 2 atom stereocenters. The number of aromatic nitrogens is 4. The zero-order valence-corrected chi connectivity index (χ0v) is 16.4. The van der Waals surface area contributed by atoms with Crippen molar-refractivity contribution in [2.45, 2.75) is 50.8 Å².